The number of hydrogen-bond donors (Lipinski definition) is 2. The summed E-state index contributed by atoms with van der Waals surface area (Å²) >= 11 is 3.21. The van der Waals surface area contributed by atoms with Crippen LogP contribution in [0.4, 0.5) is 19.0 Å². The van der Waals surface area contributed by atoms with E-state index >= 15 is 0 Å². The molecular formula is C14H15BrF3N3O2. The third-order valence-corrected chi connectivity index (χ3v) is 3.19. The van der Waals surface area contributed by atoms with Crippen molar-refractivity contribution in [1.82, 2.24) is 10.3 Å². The minimum absolute atomic E-state index is 0.226. The zero-order valence-corrected chi connectivity index (χ0v) is 13.9. The van der Waals surface area contributed by atoms with Crippen LogP contribution in [0.2, 0.25) is 0 Å². The highest BCUT2D eigenvalue weighted by atomic mass is 79.9. The second kappa shape index (κ2) is 8.09. The first-order valence-corrected chi connectivity index (χ1v) is 7.36. The first-order valence-electron chi connectivity index (χ1n) is 6.57. The summed E-state index contributed by atoms with van der Waals surface area (Å²) in [6.07, 6.45) is -2.26. The first-order chi connectivity index (χ1) is 10.6. The van der Waals surface area contributed by atoms with Crippen LogP contribution in [0.1, 0.15) is 13.8 Å². The molecule has 2 N–H and O–H groups in total. The largest absolute Gasteiger partial charge is 0.454 e. The van der Waals surface area contributed by atoms with E-state index in [0.29, 0.717) is 11.9 Å². The van der Waals surface area contributed by atoms with E-state index in [1.54, 1.807) is 26.0 Å². The number of ketones is 1. The lowest BCUT2D eigenvalue weighted by atomic mass is 10.0. The Morgan fingerprint density at radius 3 is 2.43 bits per heavy atom. The Hall–Kier alpha value is -1.90. The molecule has 0 fully saturated rings. The molecule has 0 aromatic carbocycles. The molecule has 1 aromatic rings. The van der Waals surface area contributed by atoms with Crippen LogP contribution < -0.4 is 10.6 Å². The quantitative estimate of drug-likeness (QED) is 0.728. The molecule has 0 saturated carbocycles. The SMILES string of the molecule is CC(C)C(NC=CC(=O)C(F)(F)F)C(=O)Nc1ccc(Br)cn1. The highest BCUT2D eigenvalue weighted by Crippen LogP contribution is 2.16. The van der Waals surface area contributed by atoms with Crippen LogP contribution in [0.15, 0.2) is 35.1 Å². The normalized spacial score (nSPS) is 13.2. The van der Waals surface area contributed by atoms with Gasteiger partial charge in [-0.2, -0.15) is 13.2 Å². The van der Waals surface area contributed by atoms with Crippen LogP contribution >= 0.6 is 15.9 Å². The van der Waals surface area contributed by atoms with Crippen LogP contribution in [0, 0.1) is 5.92 Å². The molecule has 1 aromatic heterocycles. The summed E-state index contributed by atoms with van der Waals surface area (Å²) in [5.41, 5.74) is 0. The van der Waals surface area contributed by atoms with Crippen molar-refractivity contribution in [3.63, 3.8) is 0 Å². The molecule has 1 unspecified atom stereocenters. The zero-order chi connectivity index (χ0) is 17.6. The van der Waals surface area contributed by atoms with Crippen LogP contribution in [0.3, 0.4) is 0 Å². The number of anilines is 1. The number of carbonyl (C=O) groups is 2. The maximum absolute atomic E-state index is 12.1. The molecule has 0 aliphatic carbocycles. The van der Waals surface area contributed by atoms with Crippen molar-refractivity contribution in [1.29, 1.82) is 0 Å². The van der Waals surface area contributed by atoms with Gasteiger partial charge < -0.3 is 10.6 Å². The molecule has 5 nitrogen and oxygen atoms in total. The van der Waals surface area contributed by atoms with E-state index in [-0.39, 0.29) is 5.92 Å². The molecule has 23 heavy (non-hydrogen) atoms. The van der Waals surface area contributed by atoms with Crippen LogP contribution in [0.25, 0.3) is 0 Å². The van der Waals surface area contributed by atoms with Gasteiger partial charge in [0.15, 0.2) is 0 Å². The Kier molecular flexibility index (Phi) is 6.74. The number of nitrogens with zero attached hydrogens (tertiary/aromatic N) is 1. The highest BCUT2D eigenvalue weighted by molar-refractivity contribution is 9.10. The summed E-state index contributed by atoms with van der Waals surface area (Å²) in [5.74, 6) is -2.39. The summed E-state index contributed by atoms with van der Waals surface area (Å²) < 4.78 is 37.0. The molecule has 0 spiro atoms. The predicted molar refractivity (Wildman–Crippen MR) is 82.5 cm³/mol. The molecule has 9 heteroatoms. The van der Waals surface area contributed by atoms with E-state index in [1.807, 2.05) is 0 Å². The second-order valence-corrected chi connectivity index (χ2v) is 5.85. The fourth-order valence-electron chi connectivity index (χ4n) is 1.55. The van der Waals surface area contributed by atoms with E-state index in [4.69, 9.17) is 0 Å². The van der Waals surface area contributed by atoms with Crippen molar-refractivity contribution in [2.45, 2.75) is 26.1 Å². The van der Waals surface area contributed by atoms with Gasteiger partial charge in [-0.05, 0) is 34.0 Å². The van der Waals surface area contributed by atoms with Crippen LogP contribution in [0.5, 0.6) is 0 Å². The third-order valence-electron chi connectivity index (χ3n) is 2.72. The number of amides is 1. The Morgan fingerprint density at radius 2 is 1.96 bits per heavy atom. The Balaban J connectivity index is 2.70. The van der Waals surface area contributed by atoms with Crippen LogP contribution in [-0.4, -0.2) is 28.9 Å². The number of rotatable bonds is 6. The van der Waals surface area contributed by atoms with Crippen molar-refractivity contribution in [2.24, 2.45) is 5.92 Å². The average molecular weight is 394 g/mol. The molecule has 0 saturated heterocycles. The van der Waals surface area contributed by atoms with Gasteiger partial charge in [0.2, 0.25) is 5.91 Å². The van der Waals surface area contributed by atoms with Crippen molar-refractivity contribution in [3.8, 4) is 0 Å². The van der Waals surface area contributed by atoms with E-state index in [9.17, 15) is 22.8 Å². The lowest BCUT2D eigenvalue weighted by Gasteiger charge is -2.20. The summed E-state index contributed by atoms with van der Waals surface area (Å²) in [5, 5.41) is 5.05. The number of halogens is 4. The summed E-state index contributed by atoms with van der Waals surface area (Å²) in [7, 11) is 0. The Labute approximate surface area is 139 Å². The smallest absolute Gasteiger partial charge is 0.379 e. The molecule has 1 atom stereocenters. The number of aromatic nitrogens is 1. The maximum Gasteiger partial charge on any atom is 0.454 e. The molecule has 126 valence electrons. The fourth-order valence-corrected chi connectivity index (χ4v) is 1.78. The van der Waals surface area contributed by atoms with Gasteiger partial charge in [-0.25, -0.2) is 4.98 Å². The fraction of sp³-hybridized carbons (Fsp3) is 0.357. The summed E-state index contributed by atoms with van der Waals surface area (Å²) in [4.78, 5) is 26.9. The van der Waals surface area contributed by atoms with Gasteiger partial charge >= 0.3 is 6.18 Å². The molecule has 1 heterocycles. The van der Waals surface area contributed by atoms with Gasteiger partial charge in [-0.1, -0.05) is 13.8 Å². The summed E-state index contributed by atoms with van der Waals surface area (Å²) in [6, 6.07) is 2.43. The number of pyridine rings is 1. The lowest BCUT2D eigenvalue weighted by Crippen LogP contribution is -2.42. The highest BCUT2D eigenvalue weighted by Gasteiger charge is 2.36. The number of nitrogens with one attached hydrogen (secondary N) is 2. The minimum atomic E-state index is -4.94. The van der Waals surface area contributed by atoms with Crippen molar-refractivity contribution in [2.75, 3.05) is 5.32 Å². The number of alkyl halides is 3. The molecule has 1 rings (SSSR count). The maximum atomic E-state index is 12.1. The second-order valence-electron chi connectivity index (χ2n) is 4.93. The van der Waals surface area contributed by atoms with E-state index in [2.05, 4.69) is 31.5 Å². The number of hydrogen-bond acceptors (Lipinski definition) is 4. The van der Waals surface area contributed by atoms with E-state index in [1.165, 1.54) is 6.20 Å². The summed E-state index contributed by atoms with van der Waals surface area (Å²) in [6.45, 7) is 3.43. The van der Waals surface area contributed by atoms with E-state index in [0.717, 1.165) is 10.7 Å². The van der Waals surface area contributed by atoms with Gasteiger partial charge in [0.25, 0.3) is 5.78 Å². The van der Waals surface area contributed by atoms with Crippen molar-refractivity contribution >= 4 is 33.4 Å². The van der Waals surface area contributed by atoms with E-state index < -0.39 is 23.9 Å². The van der Waals surface area contributed by atoms with Crippen molar-refractivity contribution in [3.05, 3.63) is 35.1 Å². The Bertz CT molecular complexity index is 586. The molecule has 0 bridgehead atoms. The Morgan fingerprint density at radius 1 is 1.30 bits per heavy atom. The van der Waals surface area contributed by atoms with Gasteiger partial charge in [0.05, 0.1) is 0 Å². The lowest BCUT2D eigenvalue weighted by molar-refractivity contribution is -0.165. The molecule has 0 radical (unpaired) electrons. The van der Waals surface area contributed by atoms with Crippen molar-refractivity contribution < 1.29 is 22.8 Å². The molecule has 1 amide bonds. The van der Waals surface area contributed by atoms with Gasteiger partial charge in [0.1, 0.15) is 11.9 Å². The van der Waals surface area contributed by atoms with Crippen LogP contribution in [-0.2, 0) is 9.59 Å². The average Bonchev–Trinajstić information content (AvgIpc) is 2.44. The zero-order valence-electron chi connectivity index (χ0n) is 12.3. The van der Waals surface area contributed by atoms with Gasteiger partial charge in [-0.3, -0.25) is 9.59 Å². The molecule has 0 aliphatic heterocycles. The minimum Gasteiger partial charge on any atom is -0.379 e. The molecule has 0 aliphatic rings. The van der Waals surface area contributed by atoms with Gasteiger partial charge in [0, 0.05) is 22.9 Å². The predicted octanol–water partition coefficient (Wildman–Crippen LogP) is 3.04. The topological polar surface area (TPSA) is 71.1 Å². The third kappa shape index (κ3) is 6.39. The first kappa shape index (κ1) is 19.1. The standard InChI is InChI=1S/C14H15BrF3N3O2/c1-8(2)12(19-6-5-10(22)14(16,17)18)13(23)21-11-4-3-9(15)7-20-11/h3-8,12,19H,1-2H3,(H,20,21,23). The number of carbonyl (C=O) groups excluding carboxylic acids is 2. The van der Waals surface area contributed by atoms with Gasteiger partial charge in [-0.15, -0.1) is 0 Å². The number of allylic oxidation sites excluding steroid dienone is 1. The monoisotopic (exact) mass is 393 g/mol. The molecular weight excluding hydrogens is 379 g/mol.